The summed E-state index contributed by atoms with van der Waals surface area (Å²) in [5, 5.41) is 13.1. The lowest BCUT2D eigenvalue weighted by atomic mass is 10.2. The molecule has 0 spiro atoms. The monoisotopic (exact) mass is 248 g/mol. The molecule has 0 amide bonds. The molecular weight excluding hydrogens is 220 g/mol. The second-order valence-electron chi connectivity index (χ2n) is 4.31. The Bertz CT molecular complexity index is 158. The highest BCUT2D eigenvalue weighted by atomic mass is 32.2. The van der Waals surface area contributed by atoms with Crippen molar-refractivity contribution in [2.24, 2.45) is 0 Å². The third-order valence-electron chi connectivity index (χ3n) is 2.76. The van der Waals surface area contributed by atoms with E-state index in [9.17, 15) is 5.11 Å². The molecule has 0 aliphatic carbocycles. The highest BCUT2D eigenvalue weighted by Crippen LogP contribution is 2.08. The van der Waals surface area contributed by atoms with E-state index in [4.69, 9.17) is 0 Å². The number of hydrogen-bond acceptors (Lipinski definition) is 4. The third kappa shape index (κ3) is 7.49. The summed E-state index contributed by atoms with van der Waals surface area (Å²) in [6.07, 6.45) is 4.14. The SMILES string of the molecule is CCCNCC(O)CN(C)C(CC)CSC. The normalized spacial score (nSPS) is 15.4. The van der Waals surface area contributed by atoms with E-state index >= 15 is 0 Å². The first-order valence-electron chi connectivity index (χ1n) is 6.23. The fraction of sp³-hybridized carbons (Fsp3) is 1.00. The lowest BCUT2D eigenvalue weighted by Crippen LogP contribution is -2.42. The summed E-state index contributed by atoms with van der Waals surface area (Å²) >= 11 is 1.87. The maximum Gasteiger partial charge on any atom is 0.0791 e. The van der Waals surface area contributed by atoms with Gasteiger partial charge in [0.1, 0.15) is 0 Å². The van der Waals surface area contributed by atoms with E-state index in [2.05, 4.69) is 37.4 Å². The minimum absolute atomic E-state index is 0.257. The first-order chi connectivity index (χ1) is 7.65. The number of thioether (sulfide) groups is 1. The molecule has 2 N–H and O–H groups in total. The van der Waals surface area contributed by atoms with Gasteiger partial charge in [-0.1, -0.05) is 13.8 Å². The number of aliphatic hydroxyl groups is 1. The van der Waals surface area contributed by atoms with Crippen molar-refractivity contribution in [1.29, 1.82) is 0 Å². The number of hydrogen-bond donors (Lipinski definition) is 2. The molecule has 3 nitrogen and oxygen atoms in total. The molecule has 0 rings (SSSR count). The fourth-order valence-electron chi connectivity index (χ4n) is 1.74. The van der Waals surface area contributed by atoms with Crippen LogP contribution < -0.4 is 5.32 Å². The molecule has 98 valence electrons. The Hall–Kier alpha value is 0.230. The van der Waals surface area contributed by atoms with Gasteiger partial charge in [0.05, 0.1) is 6.10 Å². The Labute approximate surface area is 105 Å². The predicted octanol–water partition coefficient (Wildman–Crippen LogP) is 1.42. The summed E-state index contributed by atoms with van der Waals surface area (Å²) in [4.78, 5) is 2.27. The van der Waals surface area contributed by atoms with Gasteiger partial charge in [0.2, 0.25) is 0 Å². The number of nitrogens with zero attached hydrogens (tertiary/aromatic N) is 1. The lowest BCUT2D eigenvalue weighted by Gasteiger charge is -2.28. The van der Waals surface area contributed by atoms with Gasteiger partial charge in [0.15, 0.2) is 0 Å². The summed E-state index contributed by atoms with van der Waals surface area (Å²) in [5.74, 6) is 1.14. The summed E-state index contributed by atoms with van der Waals surface area (Å²) in [7, 11) is 2.10. The topological polar surface area (TPSA) is 35.5 Å². The Balaban J connectivity index is 3.77. The van der Waals surface area contributed by atoms with Crippen LogP contribution in [-0.4, -0.2) is 60.8 Å². The van der Waals surface area contributed by atoms with Crippen molar-refractivity contribution < 1.29 is 5.11 Å². The molecule has 4 heteroatoms. The Kier molecular flexibility index (Phi) is 10.5. The van der Waals surface area contributed by atoms with Gasteiger partial charge in [-0.05, 0) is 32.7 Å². The van der Waals surface area contributed by atoms with Crippen LogP contribution >= 0.6 is 11.8 Å². The van der Waals surface area contributed by atoms with Crippen molar-refractivity contribution in [1.82, 2.24) is 10.2 Å². The Morgan fingerprint density at radius 3 is 2.56 bits per heavy atom. The molecular formula is C12H28N2OS. The third-order valence-corrected chi connectivity index (χ3v) is 3.48. The fourth-order valence-corrected chi connectivity index (χ4v) is 2.62. The van der Waals surface area contributed by atoms with E-state index in [1.165, 1.54) is 0 Å². The molecule has 0 aliphatic heterocycles. The van der Waals surface area contributed by atoms with Gasteiger partial charge in [0.25, 0.3) is 0 Å². The van der Waals surface area contributed by atoms with Crippen molar-refractivity contribution in [3.8, 4) is 0 Å². The Morgan fingerprint density at radius 2 is 2.06 bits per heavy atom. The second-order valence-corrected chi connectivity index (χ2v) is 5.23. The molecule has 0 aromatic carbocycles. The van der Waals surface area contributed by atoms with Crippen LogP contribution in [0.5, 0.6) is 0 Å². The molecule has 0 heterocycles. The second kappa shape index (κ2) is 10.4. The van der Waals surface area contributed by atoms with Gasteiger partial charge in [-0.2, -0.15) is 11.8 Å². The van der Waals surface area contributed by atoms with E-state index in [0.717, 1.165) is 31.7 Å². The molecule has 0 saturated heterocycles. The Morgan fingerprint density at radius 1 is 1.38 bits per heavy atom. The largest absolute Gasteiger partial charge is 0.390 e. The quantitative estimate of drug-likeness (QED) is 0.573. The van der Waals surface area contributed by atoms with Crippen LogP contribution in [0.2, 0.25) is 0 Å². The van der Waals surface area contributed by atoms with Gasteiger partial charge in [-0.15, -0.1) is 0 Å². The van der Waals surface area contributed by atoms with Gasteiger partial charge in [0, 0.05) is 24.9 Å². The summed E-state index contributed by atoms with van der Waals surface area (Å²) in [6.45, 7) is 6.79. The minimum Gasteiger partial charge on any atom is -0.390 e. The van der Waals surface area contributed by atoms with Crippen LogP contribution in [0.3, 0.4) is 0 Å². The number of likely N-dealkylation sites (N-methyl/N-ethyl adjacent to an activating group) is 1. The van der Waals surface area contributed by atoms with Gasteiger partial charge in [-0.25, -0.2) is 0 Å². The highest BCUT2D eigenvalue weighted by molar-refractivity contribution is 7.98. The summed E-state index contributed by atoms with van der Waals surface area (Å²) in [5.41, 5.74) is 0. The first-order valence-corrected chi connectivity index (χ1v) is 7.62. The zero-order valence-electron chi connectivity index (χ0n) is 11.2. The van der Waals surface area contributed by atoms with Crippen molar-refractivity contribution in [2.45, 2.75) is 38.8 Å². The van der Waals surface area contributed by atoms with Crippen molar-refractivity contribution >= 4 is 11.8 Å². The van der Waals surface area contributed by atoms with Crippen LogP contribution in [0.15, 0.2) is 0 Å². The molecule has 16 heavy (non-hydrogen) atoms. The molecule has 0 aromatic heterocycles. The molecule has 2 unspecified atom stereocenters. The molecule has 0 saturated carbocycles. The lowest BCUT2D eigenvalue weighted by molar-refractivity contribution is 0.107. The minimum atomic E-state index is -0.257. The first kappa shape index (κ1) is 16.2. The average Bonchev–Trinajstić information content (AvgIpc) is 2.26. The molecule has 0 aliphatic rings. The maximum atomic E-state index is 9.85. The van der Waals surface area contributed by atoms with Crippen LogP contribution in [0, 0.1) is 0 Å². The van der Waals surface area contributed by atoms with E-state index in [1.54, 1.807) is 0 Å². The van der Waals surface area contributed by atoms with Crippen molar-refractivity contribution in [2.75, 3.05) is 38.7 Å². The molecule has 0 radical (unpaired) electrons. The highest BCUT2D eigenvalue weighted by Gasteiger charge is 2.15. The van der Waals surface area contributed by atoms with E-state index < -0.39 is 0 Å². The zero-order chi connectivity index (χ0) is 12.4. The predicted molar refractivity (Wildman–Crippen MR) is 74.3 cm³/mol. The van der Waals surface area contributed by atoms with Gasteiger partial charge in [-0.3, -0.25) is 4.90 Å². The summed E-state index contributed by atoms with van der Waals surface area (Å²) in [6, 6.07) is 0.579. The molecule has 0 aromatic rings. The summed E-state index contributed by atoms with van der Waals surface area (Å²) < 4.78 is 0. The van der Waals surface area contributed by atoms with Crippen LogP contribution in [0.1, 0.15) is 26.7 Å². The number of rotatable bonds is 10. The molecule has 2 atom stereocenters. The van der Waals surface area contributed by atoms with Crippen molar-refractivity contribution in [3.63, 3.8) is 0 Å². The number of nitrogens with one attached hydrogen (secondary N) is 1. The standard InChI is InChI=1S/C12H28N2OS/c1-5-7-13-8-12(15)9-14(3)11(6-2)10-16-4/h11-13,15H,5-10H2,1-4H3. The van der Waals surface area contributed by atoms with Crippen LogP contribution in [0.4, 0.5) is 0 Å². The van der Waals surface area contributed by atoms with E-state index in [1.807, 2.05) is 11.8 Å². The van der Waals surface area contributed by atoms with Crippen LogP contribution in [-0.2, 0) is 0 Å². The molecule has 0 bridgehead atoms. The zero-order valence-corrected chi connectivity index (χ0v) is 12.0. The molecule has 0 fully saturated rings. The number of aliphatic hydroxyl groups excluding tert-OH is 1. The van der Waals surface area contributed by atoms with Crippen LogP contribution in [0.25, 0.3) is 0 Å². The van der Waals surface area contributed by atoms with E-state index in [-0.39, 0.29) is 6.10 Å². The smallest absolute Gasteiger partial charge is 0.0791 e. The van der Waals surface area contributed by atoms with Gasteiger partial charge >= 0.3 is 0 Å². The maximum absolute atomic E-state index is 9.85. The average molecular weight is 248 g/mol. The van der Waals surface area contributed by atoms with Gasteiger partial charge < -0.3 is 10.4 Å². The van der Waals surface area contributed by atoms with E-state index in [0.29, 0.717) is 12.6 Å². The van der Waals surface area contributed by atoms with Crippen molar-refractivity contribution in [3.05, 3.63) is 0 Å².